The second kappa shape index (κ2) is 12.4. The van der Waals surface area contributed by atoms with E-state index in [-0.39, 0.29) is 5.70 Å². The zero-order chi connectivity index (χ0) is 23.3. The highest BCUT2D eigenvalue weighted by molar-refractivity contribution is 6.03. The third-order valence-electron chi connectivity index (χ3n) is 4.66. The van der Waals surface area contributed by atoms with Gasteiger partial charge < -0.3 is 16.0 Å². The third kappa shape index (κ3) is 7.47. The minimum atomic E-state index is -0.750. The number of rotatable bonds is 10. The molecule has 2 amide bonds. The van der Waals surface area contributed by atoms with Crippen LogP contribution in [0.1, 0.15) is 29.5 Å². The fourth-order valence-electron chi connectivity index (χ4n) is 2.99. The molecule has 0 radical (unpaired) electrons. The smallest absolute Gasteiger partial charge is 0.265 e. The van der Waals surface area contributed by atoms with Crippen LogP contribution in [-0.4, -0.2) is 24.9 Å². The van der Waals surface area contributed by atoms with Crippen LogP contribution in [0.5, 0.6) is 0 Å². The Kier molecular flexibility index (Phi) is 9.24. The molecule has 0 aliphatic carbocycles. The Hall–Kier alpha value is -4.36. The molecule has 0 fully saturated rings. The molecule has 0 atom stereocenters. The normalized spacial score (nSPS) is 10.9. The summed E-state index contributed by atoms with van der Waals surface area (Å²) in [7, 11) is 0. The van der Waals surface area contributed by atoms with Crippen LogP contribution in [-0.2, 0) is 9.59 Å². The number of carbonyl (C=O) groups excluding carboxylic acids is 2. The SMILES string of the molecule is Cc1cc(N(CCC#N)CCC#N)ccc1/C=C(\NC(=O)/C=C\c1ccccc1)C(N)=O. The lowest BCUT2D eigenvalue weighted by atomic mass is 10.1. The van der Waals surface area contributed by atoms with Gasteiger partial charge in [0.25, 0.3) is 5.91 Å². The largest absolute Gasteiger partial charge is 0.369 e. The first kappa shape index (κ1) is 23.9. The van der Waals surface area contributed by atoms with E-state index in [1.807, 2.05) is 60.4 Å². The lowest BCUT2D eigenvalue weighted by molar-refractivity contribution is -0.119. The average Bonchev–Trinajstić information content (AvgIpc) is 2.79. The summed E-state index contributed by atoms with van der Waals surface area (Å²) in [5.41, 5.74) is 8.75. The van der Waals surface area contributed by atoms with Gasteiger partial charge in [-0.3, -0.25) is 9.59 Å². The summed E-state index contributed by atoms with van der Waals surface area (Å²) >= 11 is 0. The van der Waals surface area contributed by atoms with Gasteiger partial charge in [-0.25, -0.2) is 0 Å². The molecule has 0 aliphatic heterocycles. The molecular formula is C25H25N5O2. The molecule has 0 saturated carbocycles. The van der Waals surface area contributed by atoms with Gasteiger partial charge in [0.05, 0.1) is 25.0 Å². The lowest BCUT2D eigenvalue weighted by Crippen LogP contribution is -2.30. The second-order valence-corrected chi connectivity index (χ2v) is 7.00. The van der Waals surface area contributed by atoms with Gasteiger partial charge in [-0.1, -0.05) is 36.4 Å². The predicted molar refractivity (Wildman–Crippen MR) is 125 cm³/mol. The van der Waals surface area contributed by atoms with Gasteiger partial charge in [-0.15, -0.1) is 0 Å². The molecule has 7 heteroatoms. The number of aryl methyl sites for hydroxylation is 1. The maximum atomic E-state index is 12.2. The van der Waals surface area contributed by atoms with E-state index in [1.165, 1.54) is 12.2 Å². The van der Waals surface area contributed by atoms with E-state index in [0.29, 0.717) is 25.9 Å². The molecule has 2 aromatic carbocycles. The number of nitrogens with one attached hydrogen (secondary N) is 1. The topological polar surface area (TPSA) is 123 Å². The Labute approximate surface area is 188 Å². The van der Waals surface area contributed by atoms with E-state index < -0.39 is 11.8 Å². The second-order valence-electron chi connectivity index (χ2n) is 7.00. The van der Waals surface area contributed by atoms with Crippen LogP contribution in [0.3, 0.4) is 0 Å². The first-order chi connectivity index (χ1) is 15.4. The Morgan fingerprint density at radius 1 is 1.06 bits per heavy atom. The maximum absolute atomic E-state index is 12.2. The quantitative estimate of drug-likeness (QED) is 0.563. The number of nitriles is 2. The fraction of sp³-hybridized carbons (Fsp3) is 0.200. The molecule has 2 rings (SSSR count). The molecule has 32 heavy (non-hydrogen) atoms. The summed E-state index contributed by atoms with van der Waals surface area (Å²) in [5, 5.41) is 20.3. The third-order valence-corrected chi connectivity index (χ3v) is 4.66. The summed E-state index contributed by atoms with van der Waals surface area (Å²) in [6.45, 7) is 2.91. The molecule has 3 N–H and O–H groups in total. The molecule has 0 bridgehead atoms. The van der Waals surface area contributed by atoms with Crippen molar-refractivity contribution >= 4 is 29.7 Å². The molecule has 2 aromatic rings. The number of nitrogens with zero attached hydrogens (tertiary/aromatic N) is 3. The Bertz CT molecular complexity index is 1070. The van der Waals surface area contributed by atoms with E-state index in [4.69, 9.17) is 16.3 Å². The molecule has 0 saturated heterocycles. The van der Waals surface area contributed by atoms with Gasteiger partial charge in [0.15, 0.2) is 0 Å². The number of hydrogen-bond donors (Lipinski definition) is 2. The van der Waals surface area contributed by atoms with Crippen LogP contribution >= 0.6 is 0 Å². The van der Waals surface area contributed by atoms with Gasteiger partial charge in [0.2, 0.25) is 5.91 Å². The number of benzene rings is 2. The van der Waals surface area contributed by atoms with E-state index in [9.17, 15) is 9.59 Å². The van der Waals surface area contributed by atoms with E-state index in [0.717, 1.165) is 22.4 Å². The predicted octanol–water partition coefficient (Wildman–Crippen LogP) is 3.28. The van der Waals surface area contributed by atoms with E-state index in [2.05, 4.69) is 17.5 Å². The highest BCUT2D eigenvalue weighted by Crippen LogP contribution is 2.21. The number of anilines is 1. The fourth-order valence-corrected chi connectivity index (χ4v) is 2.99. The minimum Gasteiger partial charge on any atom is -0.369 e. The van der Waals surface area contributed by atoms with Gasteiger partial charge in [-0.05, 0) is 47.9 Å². The van der Waals surface area contributed by atoms with Crippen molar-refractivity contribution in [3.05, 3.63) is 77.0 Å². The van der Waals surface area contributed by atoms with Crippen molar-refractivity contribution in [2.75, 3.05) is 18.0 Å². The molecule has 0 heterocycles. The van der Waals surface area contributed by atoms with E-state index in [1.54, 1.807) is 6.08 Å². The van der Waals surface area contributed by atoms with Gasteiger partial charge in [0.1, 0.15) is 5.70 Å². The van der Waals surface area contributed by atoms with Crippen LogP contribution in [0.15, 0.2) is 60.3 Å². The summed E-state index contributed by atoms with van der Waals surface area (Å²) in [6.07, 6.45) is 5.21. The summed E-state index contributed by atoms with van der Waals surface area (Å²) in [6, 6.07) is 19.1. The molecule has 7 nitrogen and oxygen atoms in total. The van der Waals surface area contributed by atoms with Crippen LogP contribution < -0.4 is 16.0 Å². The Morgan fingerprint density at radius 2 is 1.72 bits per heavy atom. The monoisotopic (exact) mass is 427 g/mol. The Balaban J connectivity index is 2.20. The maximum Gasteiger partial charge on any atom is 0.265 e. The molecule has 0 unspecified atom stereocenters. The molecular weight excluding hydrogens is 402 g/mol. The van der Waals surface area contributed by atoms with Gasteiger partial charge >= 0.3 is 0 Å². The highest BCUT2D eigenvalue weighted by atomic mass is 16.2. The zero-order valence-corrected chi connectivity index (χ0v) is 17.9. The van der Waals surface area contributed by atoms with Crippen molar-refractivity contribution in [2.24, 2.45) is 5.73 Å². The van der Waals surface area contributed by atoms with Crippen molar-refractivity contribution in [3.63, 3.8) is 0 Å². The molecule has 0 spiro atoms. The summed E-state index contributed by atoms with van der Waals surface area (Å²) in [4.78, 5) is 26.1. The molecule has 0 aromatic heterocycles. The van der Waals surface area contributed by atoms with Crippen molar-refractivity contribution in [3.8, 4) is 12.1 Å². The van der Waals surface area contributed by atoms with Crippen molar-refractivity contribution in [2.45, 2.75) is 19.8 Å². The number of carbonyl (C=O) groups is 2. The highest BCUT2D eigenvalue weighted by Gasteiger charge is 2.11. The average molecular weight is 428 g/mol. The van der Waals surface area contributed by atoms with E-state index >= 15 is 0 Å². The number of hydrogen-bond acceptors (Lipinski definition) is 5. The van der Waals surface area contributed by atoms with Crippen molar-refractivity contribution in [1.82, 2.24) is 5.32 Å². The van der Waals surface area contributed by atoms with Crippen LogP contribution in [0.4, 0.5) is 5.69 Å². The summed E-state index contributed by atoms with van der Waals surface area (Å²) in [5.74, 6) is -1.22. The number of amides is 2. The first-order valence-corrected chi connectivity index (χ1v) is 10.1. The number of primary amides is 1. The standard InChI is InChI=1S/C25H25N5O2/c1-19-17-22(30(15-5-13-26)16-6-14-27)11-10-21(19)18-23(25(28)32)29-24(31)12-9-20-7-3-2-4-8-20/h2-4,7-12,17-18H,5-6,15-16H2,1H3,(H2,28,32)(H,29,31)/b12-9-,23-18-. The molecule has 0 aliphatic rings. The lowest BCUT2D eigenvalue weighted by Gasteiger charge is -2.23. The number of nitrogens with two attached hydrogens (primary N) is 1. The van der Waals surface area contributed by atoms with Crippen molar-refractivity contribution in [1.29, 1.82) is 10.5 Å². The summed E-state index contributed by atoms with van der Waals surface area (Å²) < 4.78 is 0. The van der Waals surface area contributed by atoms with Gasteiger partial charge in [-0.2, -0.15) is 10.5 Å². The van der Waals surface area contributed by atoms with Gasteiger partial charge in [0, 0.05) is 24.9 Å². The first-order valence-electron chi connectivity index (χ1n) is 10.1. The van der Waals surface area contributed by atoms with Crippen molar-refractivity contribution < 1.29 is 9.59 Å². The van der Waals surface area contributed by atoms with Crippen LogP contribution in [0.2, 0.25) is 0 Å². The minimum absolute atomic E-state index is 0.0191. The zero-order valence-electron chi connectivity index (χ0n) is 17.9. The Morgan fingerprint density at radius 3 is 2.28 bits per heavy atom. The van der Waals surface area contributed by atoms with Crippen LogP contribution in [0.25, 0.3) is 12.2 Å². The van der Waals surface area contributed by atoms with Crippen LogP contribution in [0, 0.1) is 29.6 Å². The molecule has 162 valence electrons.